The van der Waals surface area contributed by atoms with Crippen LogP contribution in [0.5, 0.6) is 0 Å². The zero-order valence-electron chi connectivity index (χ0n) is 7.06. The fourth-order valence-corrected chi connectivity index (χ4v) is 2.53. The summed E-state index contributed by atoms with van der Waals surface area (Å²) < 4.78 is 29.1. The molecule has 0 unspecified atom stereocenters. The van der Waals surface area contributed by atoms with Gasteiger partial charge in [-0.15, -0.1) is 0 Å². The lowest BCUT2D eigenvalue weighted by Crippen LogP contribution is -2.33. The Morgan fingerprint density at radius 3 is 2.83 bits per heavy atom. The summed E-state index contributed by atoms with van der Waals surface area (Å²) in [5, 5.41) is 0. The van der Waals surface area contributed by atoms with Gasteiger partial charge in [0.1, 0.15) is 0 Å². The van der Waals surface area contributed by atoms with Crippen LogP contribution in [0.4, 0.5) is 0 Å². The number of sulfonamides is 1. The van der Waals surface area contributed by atoms with Crippen LogP contribution >= 0.6 is 0 Å². The Morgan fingerprint density at radius 2 is 2.17 bits per heavy atom. The quantitative estimate of drug-likeness (QED) is 0.540. The molecule has 2 heterocycles. The lowest BCUT2D eigenvalue weighted by atomic mass is 10.2. The lowest BCUT2D eigenvalue weighted by molar-refractivity contribution is 0.297. The Labute approximate surface area is 72.6 Å². The van der Waals surface area contributed by atoms with Gasteiger partial charge in [-0.2, -0.15) is 4.31 Å². The third-order valence-electron chi connectivity index (χ3n) is 2.44. The zero-order chi connectivity index (χ0) is 8.77. The van der Waals surface area contributed by atoms with E-state index in [4.69, 9.17) is 4.74 Å². The molecule has 4 nitrogen and oxygen atoms in total. The molecule has 0 aromatic heterocycles. The zero-order valence-corrected chi connectivity index (χ0v) is 7.88. The van der Waals surface area contributed by atoms with E-state index >= 15 is 0 Å². The molecule has 0 saturated carbocycles. The maximum absolute atomic E-state index is 11.2. The SMILES string of the molecule is CS(=O)(=O)N1CCC[C@@H]2O[C@@H]2C1. The lowest BCUT2D eigenvalue weighted by Gasteiger charge is -2.16. The largest absolute Gasteiger partial charge is 0.368 e. The van der Waals surface area contributed by atoms with Crippen molar-refractivity contribution in [2.75, 3.05) is 19.3 Å². The molecule has 70 valence electrons. The maximum atomic E-state index is 11.2. The molecule has 2 fully saturated rings. The molecule has 2 atom stereocenters. The van der Waals surface area contributed by atoms with Crippen LogP contribution in [0.2, 0.25) is 0 Å². The molecule has 12 heavy (non-hydrogen) atoms. The second kappa shape index (κ2) is 2.68. The number of hydrogen-bond acceptors (Lipinski definition) is 3. The number of nitrogens with zero attached hydrogens (tertiary/aromatic N) is 1. The Morgan fingerprint density at radius 1 is 1.42 bits per heavy atom. The van der Waals surface area contributed by atoms with Crippen molar-refractivity contribution in [3.63, 3.8) is 0 Å². The van der Waals surface area contributed by atoms with E-state index in [2.05, 4.69) is 0 Å². The monoisotopic (exact) mass is 191 g/mol. The first-order valence-corrected chi connectivity index (χ1v) is 6.03. The summed E-state index contributed by atoms with van der Waals surface area (Å²) in [5.41, 5.74) is 0. The van der Waals surface area contributed by atoms with Gasteiger partial charge in [-0.25, -0.2) is 8.42 Å². The Hall–Kier alpha value is -0.130. The van der Waals surface area contributed by atoms with E-state index in [0.29, 0.717) is 19.2 Å². The van der Waals surface area contributed by atoms with Crippen molar-refractivity contribution in [3.8, 4) is 0 Å². The van der Waals surface area contributed by atoms with E-state index in [9.17, 15) is 8.42 Å². The molecule has 0 aromatic carbocycles. The van der Waals surface area contributed by atoms with Crippen LogP contribution in [0.3, 0.4) is 0 Å². The first kappa shape index (κ1) is 8.47. The van der Waals surface area contributed by atoms with E-state index in [1.54, 1.807) is 0 Å². The molecule has 2 rings (SSSR count). The molecule has 0 bridgehead atoms. The highest BCUT2D eigenvalue weighted by Gasteiger charge is 2.42. The summed E-state index contributed by atoms with van der Waals surface area (Å²) in [4.78, 5) is 0. The molecule has 2 saturated heterocycles. The predicted octanol–water partition coefficient (Wildman–Crippen LogP) is -0.191. The van der Waals surface area contributed by atoms with Crippen molar-refractivity contribution in [2.45, 2.75) is 25.0 Å². The van der Waals surface area contributed by atoms with Crippen molar-refractivity contribution in [1.29, 1.82) is 0 Å². The van der Waals surface area contributed by atoms with Crippen molar-refractivity contribution in [3.05, 3.63) is 0 Å². The molecule has 0 N–H and O–H groups in total. The molecule has 2 aliphatic rings. The highest BCUT2D eigenvalue weighted by molar-refractivity contribution is 7.88. The van der Waals surface area contributed by atoms with Gasteiger partial charge >= 0.3 is 0 Å². The minimum absolute atomic E-state index is 0.183. The average molecular weight is 191 g/mol. The van der Waals surface area contributed by atoms with Gasteiger partial charge in [0.15, 0.2) is 0 Å². The van der Waals surface area contributed by atoms with Crippen LogP contribution in [0.1, 0.15) is 12.8 Å². The van der Waals surface area contributed by atoms with Gasteiger partial charge in [-0.05, 0) is 12.8 Å². The van der Waals surface area contributed by atoms with Gasteiger partial charge in [0.2, 0.25) is 10.0 Å². The predicted molar refractivity (Wildman–Crippen MR) is 44.3 cm³/mol. The van der Waals surface area contributed by atoms with Gasteiger partial charge < -0.3 is 4.74 Å². The van der Waals surface area contributed by atoms with Crippen LogP contribution in [-0.2, 0) is 14.8 Å². The Kier molecular flexibility index (Phi) is 1.89. The summed E-state index contributed by atoms with van der Waals surface area (Å²) >= 11 is 0. The smallest absolute Gasteiger partial charge is 0.211 e. The van der Waals surface area contributed by atoms with Gasteiger partial charge in [0.25, 0.3) is 0 Å². The van der Waals surface area contributed by atoms with Crippen LogP contribution in [0.25, 0.3) is 0 Å². The van der Waals surface area contributed by atoms with Gasteiger partial charge in [0.05, 0.1) is 18.5 Å². The van der Waals surface area contributed by atoms with E-state index in [-0.39, 0.29) is 6.10 Å². The summed E-state index contributed by atoms with van der Waals surface area (Å²) in [6.45, 7) is 1.22. The number of epoxide rings is 1. The molecular formula is C7H13NO3S. The second-order valence-electron chi connectivity index (χ2n) is 3.48. The van der Waals surface area contributed by atoms with Crippen LogP contribution in [-0.4, -0.2) is 44.3 Å². The first-order chi connectivity index (χ1) is 5.57. The fourth-order valence-electron chi connectivity index (χ4n) is 1.66. The van der Waals surface area contributed by atoms with Crippen molar-refractivity contribution in [2.24, 2.45) is 0 Å². The van der Waals surface area contributed by atoms with Gasteiger partial charge in [0, 0.05) is 13.1 Å². The standard InChI is InChI=1S/C7H13NO3S/c1-12(9,10)8-4-2-3-6-7(5-8)11-6/h6-7H,2-5H2,1H3/t6-,7+/m0/s1. The summed E-state index contributed by atoms with van der Waals surface area (Å²) in [7, 11) is -3.00. The third-order valence-corrected chi connectivity index (χ3v) is 3.71. The fraction of sp³-hybridized carbons (Fsp3) is 1.00. The van der Waals surface area contributed by atoms with E-state index in [1.807, 2.05) is 0 Å². The maximum Gasteiger partial charge on any atom is 0.211 e. The molecule has 0 aromatic rings. The molecule has 0 amide bonds. The second-order valence-corrected chi connectivity index (χ2v) is 5.46. The van der Waals surface area contributed by atoms with E-state index < -0.39 is 10.0 Å². The van der Waals surface area contributed by atoms with E-state index in [0.717, 1.165) is 12.8 Å². The highest BCUT2D eigenvalue weighted by Crippen LogP contribution is 2.30. The molecule has 0 spiro atoms. The van der Waals surface area contributed by atoms with Crippen molar-refractivity contribution < 1.29 is 13.2 Å². The number of ether oxygens (including phenoxy) is 1. The third kappa shape index (κ3) is 1.62. The summed E-state index contributed by atoms with van der Waals surface area (Å²) in [6.07, 6.45) is 3.72. The summed E-state index contributed by atoms with van der Waals surface area (Å²) in [6, 6.07) is 0. The highest BCUT2D eigenvalue weighted by atomic mass is 32.2. The van der Waals surface area contributed by atoms with Gasteiger partial charge in [-0.3, -0.25) is 0 Å². The average Bonchev–Trinajstić information content (AvgIpc) is 2.56. The van der Waals surface area contributed by atoms with E-state index in [1.165, 1.54) is 10.6 Å². The Bertz CT molecular complexity index is 274. The minimum Gasteiger partial charge on any atom is -0.368 e. The van der Waals surface area contributed by atoms with Crippen molar-refractivity contribution in [1.82, 2.24) is 4.31 Å². The molecule has 0 aliphatic carbocycles. The Balaban J connectivity index is 2.06. The number of rotatable bonds is 1. The first-order valence-electron chi connectivity index (χ1n) is 4.18. The topological polar surface area (TPSA) is 49.9 Å². The van der Waals surface area contributed by atoms with Crippen LogP contribution in [0, 0.1) is 0 Å². The number of hydrogen-bond donors (Lipinski definition) is 0. The molecule has 5 heteroatoms. The molecular weight excluding hydrogens is 178 g/mol. The van der Waals surface area contributed by atoms with Crippen LogP contribution < -0.4 is 0 Å². The van der Waals surface area contributed by atoms with Crippen LogP contribution in [0.15, 0.2) is 0 Å². The normalized spacial score (nSPS) is 37.1. The molecule has 2 aliphatic heterocycles. The van der Waals surface area contributed by atoms with Gasteiger partial charge in [-0.1, -0.05) is 0 Å². The minimum atomic E-state index is -3.00. The number of fused-ring (bicyclic) bond motifs is 1. The summed E-state index contributed by atoms with van der Waals surface area (Å²) in [5.74, 6) is 0. The van der Waals surface area contributed by atoms with Crippen molar-refractivity contribution >= 4 is 10.0 Å². The molecule has 0 radical (unpaired) electrons.